The lowest BCUT2D eigenvalue weighted by Crippen LogP contribution is -2.16. The molecule has 1 N–H and O–H groups in total. The number of thiophene rings is 1. The highest BCUT2D eigenvalue weighted by molar-refractivity contribution is 7.16. The lowest BCUT2D eigenvalue weighted by molar-refractivity contribution is 0.608. The molecule has 0 radical (unpaired) electrons. The average molecular weight is 292 g/mol. The minimum Gasteiger partial charge on any atom is -0.378 e. The summed E-state index contributed by atoms with van der Waals surface area (Å²) in [6.07, 6.45) is 3.61. The normalized spacial score (nSPS) is 18.2. The van der Waals surface area contributed by atoms with Crippen molar-refractivity contribution in [2.75, 3.05) is 5.32 Å². The van der Waals surface area contributed by atoms with Gasteiger partial charge in [-0.05, 0) is 56.4 Å². The number of aryl methyl sites for hydroxylation is 3. The van der Waals surface area contributed by atoms with E-state index in [0.29, 0.717) is 6.04 Å². The second kappa shape index (κ2) is 5.18. The van der Waals surface area contributed by atoms with Gasteiger partial charge < -0.3 is 5.32 Å². The van der Waals surface area contributed by atoms with Gasteiger partial charge in [0.1, 0.15) is 0 Å². The van der Waals surface area contributed by atoms with Crippen LogP contribution in [0, 0.1) is 13.8 Å². The summed E-state index contributed by atoms with van der Waals surface area (Å²) in [5, 5.41) is 3.69. The number of hydrogen-bond acceptors (Lipinski definition) is 2. The molecule has 0 saturated heterocycles. The maximum absolute atomic E-state index is 6.16. The third kappa shape index (κ3) is 2.65. The number of anilines is 1. The first kappa shape index (κ1) is 13.0. The van der Waals surface area contributed by atoms with Crippen LogP contribution >= 0.6 is 22.9 Å². The van der Waals surface area contributed by atoms with Crippen LogP contribution in [0.1, 0.15) is 40.5 Å². The van der Waals surface area contributed by atoms with Crippen molar-refractivity contribution in [2.24, 2.45) is 0 Å². The van der Waals surface area contributed by atoms with Crippen molar-refractivity contribution in [3.63, 3.8) is 0 Å². The summed E-state index contributed by atoms with van der Waals surface area (Å²) in [7, 11) is 0. The van der Waals surface area contributed by atoms with Crippen molar-refractivity contribution < 1.29 is 0 Å². The fourth-order valence-corrected chi connectivity index (χ4v) is 4.22. The van der Waals surface area contributed by atoms with Crippen LogP contribution in [0.15, 0.2) is 24.3 Å². The Morgan fingerprint density at radius 3 is 2.89 bits per heavy atom. The first-order valence-electron chi connectivity index (χ1n) is 6.75. The number of halogens is 1. The summed E-state index contributed by atoms with van der Waals surface area (Å²) < 4.78 is 0.916. The Kier molecular flexibility index (Phi) is 3.55. The van der Waals surface area contributed by atoms with Crippen molar-refractivity contribution in [1.82, 2.24) is 0 Å². The molecule has 1 heterocycles. The smallest absolute Gasteiger partial charge is 0.0934 e. The van der Waals surface area contributed by atoms with Crippen molar-refractivity contribution in [3.8, 4) is 0 Å². The van der Waals surface area contributed by atoms with Gasteiger partial charge in [-0.2, -0.15) is 0 Å². The molecule has 1 aliphatic rings. The summed E-state index contributed by atoms with van der Waals surface area (Å²) in [4.78, 5) is 1.46. The van der Waals surface area contributed by atoms with E-state index in [0.717, 1.165) is 4.34 Å². The van der Waals surface area contributed by atoms with Crippen molar-refractivity contribution in [2.45, 2.75) is 39.2 Å². The molecule has 1 nitrogen and oxygen atoms in total. The third-order valence-electron chi connectivity index (χ3n) is 3.80. The van der Waals surface area contributed by atoms with Gasteiger partial charge in [0, 0.05) is 10.6 Å². The quantitative estimate of drug-likeness (QED) is 0.769. The number of rotatable bonds is 2. The first-order valence-corrected chi connectivity index (χ1v) is 7.95. The zero-order valence-corrected chi connectivity index (χ0v) is 12.9. The standard InChI is InChI=1S/C16H18ClNS/c1-10-6-7-13(11(2)8-10)18-14-4-3-5-15-12(14)9-16(17)19-15/h6-9,14,18H,3-5H2,1-2H3. The van der Waals surface area contributed by atoms with E-state index >= 15 is 0 Å². The molecule has 0 amide bonds. The predicted octanol–water partition coefficient (Wildman–Crippen LogP) is 5.51. The highest BCUT2D eigenvalue weighted by Gasteiger charge is 2.22. The van der Waals surface area contributed by atoms with Crippen LogP contribution in [0.25, 0.3) is 0 Å². The van der Waals surface area contributed by atoms with Gasteiger partial charge in [0.25, 0.3) is 0 Å². The Bertz CT molecular complexity index is 603. The molecule has 3 heteroatoms. The van der Waals surface area contributed by atoms with Gasteiger partial charge in [0.05, 0.1) is 10.4 Å². The molecule has 2 aromatic rings. The zero-order valence-electron chi connectivity index (χ0n) is 11.3. The Morgan fingerprint density at radius 2 is 2.11 bits per heavy atom. The minimum absolute atomic E-state index is 0.411. The van der Waals surface area contributed by atoms with Crippen LogP contribution in [-0.2, 0) is 6.42 Å². The Labute approximate surface area is 123 Å². The fourth-order valence-electron chi connectivity index (χ4n) is 2.83. The molecule has 1 aromatic carbocycles. The molecule has 3 rings (SSSR count). The fraction of sp³-hybridized carbons (Fsp3) is 0.375. The molecule has 1 aliphatic carbocycles. The van der Waals surface area contributed by atoms with Crippen LogP contribution < -0.4 is 5.32 Å². The van der Waals surface area contributed by atoms with Gasteiger partial charge in [-0.3, -0.25) is 0 Å². The minimum atomic E-state index is 0.411. The van der Waals surface area contributed by atoms with Crippen molar-refractivity contribution in [1.29, 1.82) is 0 Å². The highest BCUT2D eigenvalue weighted by Crippen LogP contribution is 2.39. The van der Waals surface area contributed by atoms with E-state index in [1.165, 1.54) is 46.5 Å². The van der Waals surface area contributed by atoms with Gasteiger partial charge in [-0.25, -0.2) is 0 Å². The summed E-state index contributed by atoms with van der Waals surface area (Å²) >= 11 is 7.90. The average Bonchev–Trinajstić information content (AvgIpc) is 2.74. The topological polar surface area (TPSA) is 12.0 Å². The summed E-state index contributed by atoms with van der Waals surface area (Å²) in [6, 6.07) is 9.13. The number of hydrogen-bond donors (Lipinski definition) is 1. The largest absolute Gasteiger partial charge is 0.378 e. The number of fused-ring (bicyclic) bond motifs is 1. The van der Waals surface area contributed by atoms with E-state index in [-0.39, 0.29) is 0 Å². The van der Waals surface area contributed by atoms with E-state index in [1.807, 2.05) is 0 Å². The van der Waals surface area contributed by atoms with Gasteiger partial charge in [0.15, 0.2) is 0 Å². The predicted molar refractivity (Wildman–Crippen MR) is 84.5 cm³/mol. The molecule has 0 bridgehead atoms. The zero-order chi connectivity index (χ0) is 13.4. The van der Waals surface area contributed by atoms with Crippen molar-refractivity contribution >= 4 is 28.6 Å². The molecule has 1 atom stereocenters. The second-order valence-corrected chi connectivity index (χ2v) is 7.10. The summed E-state index contributed by atoms with van der Waals surface area (Å²) in [5.74, 6) is 0. The number of benzene rings is 1. The van der Waals surface area contributed by atoms with E-state index in [4.69, 9.17) is 11.6 Å². The second-order valence-electron chi connectivity index (χ2n) is 5.34. The van der Waals surface area contributed by atoms with E-state index in [9.17, 15) is 0 Å². The van der Waals surface area contributed by atoms with Crippen LogP contribution in [-0.4, -0.2) is 0 Å². The molecule has 19 heavy (non-hydrogen) atoms. The molecule has 0 spiro atoms. The van der Waals surface area contributed by atoms with Crippen LogP contribution in [0.2, 0.25) is 4.34 Å². The molecule has 1 unspecified atom stereocenters. The summed E-state index contributed by atoms with van der Waals surface area (Å²) in [6.45, 7) is 4.30. The lowest BCUT2D eigenvalue weighted by Gasteiger charge is -2.25. The molecule has 0 fully saturated rings. The van der Waals surface area contributed by atoms with Crippen LogP contribution in [0.3, 0.4) is 0 Å². The third-order valence-corrected chi connectivity index (χ3v) is 5.13. The molecular formula is C16H18ClNS. The van der Waals surface area contributed by atoms with Gasteiger partial charge in [0.2, 0.25) is 0 Å². The molecule has 0 aliphatic heterocycles. The Morgan fingerprint density at radius 1 is 1.26 bits per heavy atom. The lowest BCUT2D eigenvalue weighted by atomic mass is 9.93. The van der Waals surface area contributed by atoms with Gasteiger partial charge in [-0.15, -0.1) is 11.3 Å². The van der Waals surface area contributed by atoms with E-state index in [2.05, 4.69) is 43.4 Å². The monoisotopic (exact) mass is 291 g/mol. The van der Waals surface area contributed by atoms with Gasteiger partial charge >= 0.3 is 0 Å². The Balaban J connectivity index is 1.88. The summed E-state index contributed by atoms with van der Waals surface area (Å²) in [5.41, 5.74) is 5.27. The highest BCUT2D eigenvalue weighted by atomic mass is 35.5. The maximum Gasteiger partial charge on any atom is 0.0934 e. The molecule has 0 saturated carbocycles. The SMILES string of the molecule is Cc1ccc(NC2CCCc3sc(Cl)cc32)c(C)c1. The number of nitrogens with one attached hydrogen (secondary N) is 1. The molecule has 100 valence electrons. The van der Waals surface area contributed by atoms with E-state index < -0.39 is 0 Å². The van der Waals surface area contributed by atoms with Crippen molar-refractivity contribution in [3.05, 3.63) is 50.2 Å². The Hall–Kier alpha value is -0.990. The molecular weight excluding hydrogens is 274 g/mol. The molecule has 1 aromatic heterocycles. The van der Waals surface area contributed by atoms with E-state index in [1.54, 1.807) is 11.3 Å². The van der Waals surface area contributed by atoms with Gasteiger partial charge in [-0.1, -0.05) is 29.3 Å². The van der Waals surface area contributed by atoms with Crippen LogP contribution in [0.5, 0.6) is 0 Å². The maximum atomic E-state index is 6.16. The van der Waals surface area contributed by atoms with Crippen LogP contribution in [0.4, 0.5) is 5.69 Å². The first-order chi connectivity index (χ1) is 9.13.